The topological polar surface area (TPSA) is 46.2 Å². The summed E-state index contributed by atoms with van der Waals surface area (Å²) in [5.41, 5.74) is 1.12. The normalized spacial score (nSPS) is 29.8. The number of rotatable bonds is 8. The van der Waals surface area contributed by atoms with Gasteiger partial charge < -0.3 is 23.1 Å². The van der Waals surface area contributed by atoms with Crippen LogP contribution in [0.15, 0.2) is 55.6 Å². The zero-order chi connectivity index (χ0) is 24.3. The summed E-state index contributed by atoms with van der Waals surface area (Å²) >= 11 is 0. The fourth-order valence-electron chi connectivity index (χ4n) is 5.29. The number of fused-ring (bicyclic) bond motifs is 1. The van der Waals surface area contributed by atoms with Crippen molar-refractivity contribution in [3.8, 4) is 0 Å². The highest BCUT2D eigenvalue weighted by atomic mass is 28.4. The lowest BCUT2D eigenvalue weighted by atomic mass is 9.93. The Balaban J connectivity index is 1.97. The Morgan fingerprint density at radius 3 is 2.21 bits per heavy atom. The molecule has 0 amide bonds. The van der Waals surface area contributed by atoms with Gasteiger partial charge in [0.15, 0.2) is 0 Å². The number of hydrogen-bond acceptors (Lipinski definition) is 5. The van der Waals surface area contributed by atoms with E-state index in [4.69, 9.17) is 23.1 Å². The van der Waals surface area contributed by atoms with Crippen molar-refractivity contribution in [1.29, 1.82) is 0 Å². The van der Waals surface area contributed by atoms with E-state index < -0.39 is 8.56 Å². The molecule has 2 fully saturated rings. The largest absolute Gasteiger partial charge is 0.391 e. The Kier molecular flexibility index (Phi) is 8.41. The molecule has 2 aliphatic heterocycles. The van der Waals surface area contributed by atoms with E-state index in [0.29, 0.717) is 26.2 Å². The van der Waals surface area contributed by atoms with E-state index in [1.807, 2.05) is 24.3 Å². The molecular formula is C27H42O5Si. The van der Waals surface area contributed by atoms with Gasteiger partial charge in [-0.1, -0.05) is 84.0 Å². The van der Waals surface area contributed by atoms with Crippen molar-refractivity contribution in [2.75, 3.05) is 13.2 Å². The first-order chi connectivity index (χ1) is 15.5. The van der Waals surface area contributed by atoms with Crippen LogP contribution in [0.5, 0.6) is 0 Å². The molecule has 0 unspecified atom stereocenters. The third-order valence-electron chi connectivity index (χ3n) is 6.55. The second kappa shape index (κ2) is 10.5. The van der Waals surface area contributed by atoms with Crippen LogP contribution in [0.2, 0.25) is 10.1 Å². The summed E-state index contributed by atoms with van der Waals surface area (Å²) in [5.74, 6) is 0. The molecule has 0 N–H and O–H groups in total. The minimum atomic E-state index is -2.70. The minimum Gasteiger partial charge on any atom is -0.391 e. The average Bonchev–Trinajstić information content (AvgIpc) is 2.75. The third kappa shape index (κ3) is 5.52. The predicted molar refractivity (Wildman–Crippen MR) is 134 cm³/mol. The molecule has 2 heterocycles. The maximum absolute atomic E-state index is 7.08. The molecule has 0 spiro atoms. The van der Waals surface area contributed by atoms with E-state index in [9.17, 15) is 0 Å². The third-order valence-corrected chi connectivity index (χ3v) is 11.7. The summed E-state index contributed by atoms with van der Waals surface area (Å²) in [7, 11) is -2.70. The quantitative estimate of drug-likeness (QED) is 0.344. The maximum Gasteiger partial charge on any atom is 0.349 e. The first-order valence-electron chi connectivity index (χ1n) is 12.0. The van der Waals surface area contributed by atoms with Crippen molar-refractivity contribution >= 4 is 8.56 Å². The molecule has 5 nitrogen and oxygen atoms in total. The summed E-state index contributed by atoms with van der Waals surface area (Å²) in [6, 6.07) is 10.2. The second-order valence-corrected chi connectivity index (χ2v) is 15.9. The zero-order valence-electron chi connectivity index (χ0n) is 21.2. The van der Waals surface area contributed by atoms with Crippen LogP contribution >= 0.6 is 0 Å². The van der Waals surface area contributed by atoms with E-state index in [1.165, 1.54) is 0 Å². The zero-order valence-corrected chi connectivity index (χ0v) is 22.2. The molecule has 33 heavy (non-hydrogen) atoms. The lowest BCUT2D eigenvalue weighted by Gasteiger charge is -2.58. The molecule has 1 aromatic carbocycles. The van der Waals surface area contributed by atoms with Gasteiger partial charge in [0.25, 0.3) is 0 Å². The first kappa shape index (κ1) is 26.3. The Morgan fingerprint density at radius 1 is 0.970 bits per heavy atom. The number of hydrogen-bond donors (Lipinski definition) is 0. The lowest BCUT2D eigenvalue weighted by Crippen LogP contribution is -2.71. The van der Waals surface area contributed by atoms with Crippen molar-refractivity contribution in [2.24, 2.45) is 0 Å². The Labute approximate surface area is 201 Å². The summed E-state index contributed by atoms with van der Waals surface area (Å²) in [4.78, 5) is 0. The van der Waals surface area contributed by atoms with Crippen LogP contribution < -0.4 is 0 Å². The Morgan fingerprint density at radius 2 is 1.64 bits per heavy atom. The molecule has 5 atom stereocenters. The van der Waals surface area contributed by atoms with Gasteiger partial charge in [0.2, 0.25) is 0 Å². The molecule has 0 bridgehead atoms. The molecule has 3 rings (SSSR count). The molecule has 0 radical (unpaired) electrons. The van der Waals surface area contributed by atoms with Gasteiger partial charge >= 0.3 is 8.56 Å². The fourth-order valence-corrected chi connectivity index (χ4v) is 10.3. The summed E-state index contributed by atoms with van der Waals surface area (Å²) in [6.07, 6.45) is 3.03. The van der Waals surface area contributed by atoms with Crippen LogP contribution in [-0.4, -0.2) is 52.3 Å². The SMILES string of the molecule is C=CCO[C@@H]1[C@@H](OCc2ccccc2)[C@@H]2O[Si](C(C)(C)C)(C(C)(C)C)OC[C@H]2O[C@H]1CC=C. The van der Waals surface area contributed by atoms with E-state index in [1.54, 1.807) is 6.08 Å². The van der Waals surface area contributed by atoms with E-state index in [-0.39, 0.29) is 40.6 Å². The van der Waals surface area contributed by atoms with E-state index in [0.717, 1.165) is 5.56 Å². The maximum atomic E-state index is 7.08. The van der Waals surface area contributed by atoms with Crippen LogP contribution in [0.3, 0.4) is 0 Å². The van der Waals surface area contributed by atoms with Gasteiger partial charge in [-0.15, -0.1) is 13.2 Å². The van der Waals surface area contributed by atoms with Gasteiger partial charge in [-0.2, -0.15) is 0 Å². The van der Waals surface area contributed by atoms with Gasteiger partial charge in [-0.05, 0) is 12.0 Å². The highest BCUT2D eigenvalue weighted by Crippen LogP contribution is 2.55. The van der Waals surface area contributed by atoms with Crippen molar-refractivity contribution in [2.45, 2.75) is 95.2 Å². The van der Waals surface area contributed by atoms with Gasteiger partial charge in [0.1, 0.15) is 24.4 Å². The molecule has 2 aliphatic rings. The van der Waals surface area contributed by atoms with Crippen LogP contribution in [0.25, 0.3) is 0 Å². The standard InChI is InChI=1S/C27H42O5Si/c1-9-14-21-23(28-17-10-2)25(29-18-20-15-12-11-13-16-20)24-22(31-21)19-30-33(32-24,26(3,4)5)27(6,7)8/h9-13,15-16,21-25H,1-2,14,17-19H2,3-8H3/t21-,22+,23-,24+,25+/m0/s1. The number of ether oxygens (including phenoxy) is 3. The van der Waals surface area contributed by atoms with Gasteiger partial charge in [-0.25, -0.2) is 0 Å². The lowest BCUT2D eigenvalue weighted by molar-refractivity contribution is -0.264. The Hall–Kier alpha value is -1.28. The smallest absolute Gasteiger partial charge is 0.349 e. The molecular weight excluding hydrogens is 432 g/mol. The average molecular weight is 475 g/mol. The van der Waals surface area contributed by atoms with E-state index in [2.05, 4.69) is 66.8 Å². The highest BCUT2D eigenvalue weighted by molar-refractivity contribution is 6.73. The summed E-state index contributed by atoms with van der Waals surface area (Å²) in [6.45, 7) is 22.5. The van der Waals surface area contributed by atoms with Gasteiger partial charge in [0.05, 0.1) is 25.9 Å². The van der Waals surface area contributed by atoms with Gasteiger partial charge in [0, 0.05) is 10.1 Å². The molecule has 1 aromatic rings. The molecule has 0 saturated carbocycles. The van der Waals surface area contributed by atoms with Crippen LogP contribution in [0, 0.1) is 0 Å². The molecule has 184 valence electrons. The summed E-state index contributed by atoms with van der Waals surface area (Å²) in [5, 5.41) is -0.259. The second-order valence-electron chi connectivity index (χ2n) is 11.1. The minimum absolute atomic E-state index is 0.129. The van der Waals surface area contributed by atoms with E-state index >= 15 is 0 Å². The first-order valence-corrected chi connectivity index (χ1v) is 13.8. The fraction of sp³-hybridized carbons (Fsp3) is 0.630. The van der Waals surface area contributed by atoms with Crippen LogP contribution in [0.1, 0.15) is 53.5 Å². The summed E-state index contributed by atoms with van der Waals surface area (Å²) < 4.78 is 33.1. The van der Waals surface area contributed by atoms with Crippen LogP contribution in [0.4, 0.5) is 0 Å². The Bertz CT molecular complexity index is 768. The molecule has 0 aromatic heterocycles. The van der Waals surface area contributed by atoms with Crippen LogP contribution in [-0.2, 0) is 29.7 Å². The van der Waals surface area contributed by atoms with Crippen molar-refractivity contribution in [3.63, 3.8) is 0 Å². The molecule has 0 aliphatic carbocycles. The van der Waals surface area contributed by atoms with Gasteiger partial charge in [-0.3, -0.25) is 0 Å². The highest BCUT2D eigenvalue weighted by Gasteiger charge is 2.64. The molecule has 2 saturated heterocycles. The number of benzene rings is 1. The van der Waals surface area contributed by atoms with Crippen molar-refractivity contribution in [1.82, 2.24) is 0 Å². The monoisotopic (exact) mass is 474 g/mol. The van der Waals surface area contributed by atoms with Crippen molar-refractivity contribution in [3.05, 3.63) is 61.2 Å². The molecule has 6 heteroatoms. The predicted octanol–water partition coefficient (Wildman–Crippen LogP) is 5.94. The van der Waals surface area contributed by atoms with Crippen molar-refractivity contribution < 1.29 is 23.1 Å².